The molecule has 3 aromatic carbocycles. The standard InChI is InChI=1S/C24H20Cl2N4O5/c1-34-18-9-4-16(5-10-18)29-23(32)24(33)30-27-13-15-2-7-19(8-3-15)35-14-22(31)28-17-6-11-20(25)21(26)12-17/h2-13H,14H2,1H3,(H,28,31)(H,29,32)(H,30,33)/b27-13-. The molecule has 9 nitrogen and oxygen atoms in total. The summed E-state index contributed by atoms with van der Waals surface area (Å²) in [6.45, 7) is -0.215. The summed E-state index contributed by atoms with van der Waals surface area (Å²) in [6.07, 6.45) is 1.36. The normalized spacial score (nSPS) is 10.5. The lowest BCUT2D eigenvalue weighted by Crippen LogP contribution is -2.32. The Labute approximate surface area is 211 Å². The smallest absolute Gasteiger partial charge is 0.329 e. The number of rotatable bonds is 8. The topological polar surface area (TPSA) is 118 Å². The molecule has 0 unspecified atom stereocenters. The monoisotopic (exact) mass is 514 g/mol. The molecule has 0 saturated heterocycles. The maximum absolute atomic E-state index is 12.0. The van der Waals surface area contributed by atoms with Crippen LogP contribution < -0.4 is 25.5 Å². The first-order valence-corrected chi connectivity index (χ1v) is 10.9. The van der Waals surface area contributed by atoms with Crippen LogP contribution in [0.25, 0.3) is 0 Å². The average Bonchev–Trinajstić information content (AvgIpc) is 2.86. The first kappa shape index (κ1) is 25.5. The number of carbonyl (C=O) groups excluding carboxylic acids is 3. The van der Waals surface area contributed by atoms with E-state index in [1.165, 1.54) is 19.4 Å². The number of nitrogens with one attached hydrogen (secondary N) is 3. The van der Waals surface area contributed by atoms with Gasteiger partial charge < -0.3 is 20.1 Å². The Morgan fingerprint density at radius 3 is 2.14 bits per heavy atom. The average molecular weight is 515 g/mol. The summed E-state index contributed by atoms with van der Waals surface area (Å²) in [5, 5.41) is 9.59. The Hall–Kier alpha value is -4.08. The molecule has 0 aliphatic carbocycles. The van der Waals surface area contributed by atoms with E-state index in [2.05, 4.69) is 21.2 Å². The number of amides is 3. The van der Waals surface area contributed by atoms with Crippen LogP contribution in [0.2, 0.25) is 10.0 Å². The van der Waals surface area contributed by atoms with E-state index in [0.29, 0.717) is 38.5 Å². The molecule has 3 amide bonds. The quantitative estimate of drug-likeness (QED) is 0.237. The largest absolute Gasteiger partial charge is 0.497 e. The van der Waals surface area contributed by atoms with Gasteiger partial charge in [0.25, 0.3) is 5.91 Å². The van der Waals surface area contributed by atoms with Crippen molar-refractivity contribution in [3.8, 4) is 11.5 Å². The molecule has 11 heteroatoms. The van der Waals surface area contributed by atoms with Gasteiger partial charge in [-0.25, -0.2) is 5.43 Å². The van der Waals surface area contributed by atoms with E-state index in [0.717, 1.165) is 0 Å². The van der Waals surface area contributed by atoms with Crippen LogP contribution in [-0.4, -0.2) is 37.7 Å². The molecule has 0 radical (unpaired) electrons. The van der Waals surface area contributed by atoms with Crippen LogP contribution >= 0.6 is 23.2 Å². The Bertz CT molecular complexity index is 1230. The molecular formula is C24H20Cl2N4O5. The Balaban J connectivity index is 1.42. The van der Waals surface area contributed by atoms with E-state index in [1.807, 2.05) is 0 Å². The molecule has 3 aromatic rings. The molecule has 0 spiro atoms. The number of anilines is 2. The van der Waals surface area contributed by atoms with Gasteiger partial charge in [-0.15, -0.1) is 0 Å². The number of ether oxygens (including phenoxy) is 2. The van der Waals surface area contributed by atoms with Crippen molar-refractivity contribution < 1.29 is 23.9 Å². The van der Waals surface area contributed by atoms with Gasteiger partial charge in [-0.2, -0.15) is 5.10 Å². The van der Waals surface area contributed by atoms with E-state index in [4.69, 9.17) is 32.7 Å². The molecule has 0 heterocycles. The molecular weight excluding hydrogens is 495 g/mol. The Kier molecular flexibility index (Phi) is 9.05. The Morgan fingerprint density at radius 2 is 1.49 bits per heavy atom. The molecule has 0 aliphatic rings. The second kappa shape index (κ2) is 12.4. The van der Waals surface area contributed by atoms with Crippen LogP contribution in [0.15, 0.2) is 71.8 Å². The minimum Gasteiger partial charge on any atom is -0.497 e. The van der Waals surface area contributed by atoms with E-state index in [-0.39, 0.29) is 12.5 Å². The fourth-order valence-corrected chi connectivity index (χ4v) is 2.95. The van der Waals surface area contributed by atoms with Crippen LogP contribution in [-0.2, 0) is 14.4 Å². The van der Waals surface area contributed by atoms with Crippen molar-refractivity contribution >= 4 is 58.5 Å². The van der Waals surface area contributed by atoms with Crippen molar-refractivity contribution in [2.45, 2.75) is 0 Å². The predicted octanol–water partition coefficient (Wildman–Crippen LogP) is 4.11. The summed E-state index contributed by atoms with van der Waals surface area (Å²) >= 11 is 11.8. The van der Waals surface area contributed by atoms with Crippen LogP contribution in [0, 0.1) is 0 Å². The van der Waals surface area contributed by atoms with Gasteiger partial charge in [0, 0.05) is 11.4 Å². The summed E-state index contributed by atoms with van der Waals surface area (Å²) in [5.74, 6) is -1.08. The predicted molar refractivity (Wildman–Crippen MR) is 134 cm³/mol. The molecule has 0 aliphatic heterocycles. The van der Waals surface area contributed by atoms with Crippen molar-refractivity contribution in [1.29, 1.82) is 0 Å². The minimum absolute atomic E-state index is 0.215. The zero-order valence-corrected chi connectivity index (χ0v) is 19.9. The molecule has 0 atom stereocenters. The summed E-state index contributed by atoms with van der Waals surface area (Å²) in [4.78, 5) is 35.9. The minimum atomic E-state index is -0.926. The molecule has 180 valence electrons. The highest BCUT2D eigenvalue weighted by molar-refractivity contribution is 6.42. The van der Waals surface area contributed by atoms with Crippen molar-refractivity contribution in [1.82, 2.24) is 5.43 Å². The van der Waals surface area contributed by atoms with E-state index < -0.39 is 11.8 Å². The van der Waals surface area contributed by atoms with Gasteiger partial charge in [0.15, 0.2) is 6.61 Å². The number of halogens is 2. The molecule has 3 N–H and O–H groups in total. The number of hydrogen-bond donors (Lipinski definition) is 3. The second-order valence-electron chi connectivity index (χ2n) is 6.92. The summed E-state index contributed by atoms with van der Waals surface area (Å²) in [5.41, 5.74) is 3.72. The molecule has 0 bridgehead atoms. The first-order valence-electron chi connectivity index (χ1n) is 10.1. The van der Waals surface area contributed by atoms with Crippen LogP contribution in [0.1, 0.15) is 5.56 Å². The number of nitrogens with zero attached hydrogens (tertiary/aromatic N) is 1. The third-order valence-electron chi connectivity index (χ3n) is 4.39. The molecule has 3 rings (SSSR count). The van der Waals surface area contributed by atoms with Gasteiger partial charge in [0.2, 0.25) is 0 Å². The number of hydrogen-bond acceptors (Lipinski definition) is 6. The summed E-state index contributed by atoms with van der Waals surface area (Å²) in [6, 6.07) is 17.9. The SMILES string of the molecule is COc1ccc(NC(=O)C(=O)N/N=C\c2ccc(OCC(=O)Nc3ccc(Cl)c(Cl)c3)cc2)cc1. The third kappa shape index (κ3) is 8.02. The maximum atomic E-state index is 12.0. The van der Waals surface area contributed by atoms with Gasteiger partial charge in [0.05, 0.1) is 23.4 Å². The number of hydrazone groups is 1. The van der Waals surface area contributed by atoms with Crippen molar-refractivity contribution in [3.05, 3.63) is 82.3 Å². The fraction of sp³-hybridized carbons (Fsp3) is 0.0833. The lowest BCUT2D eigenvalue weighted by molar-refractivity contribution is -0.136. The lowest BCUT2D eigenvalue weighted by atomic mass is 10.2. The zero-order chi connectivity index (χ0) is 25.2. The number of carbonyl (C=O) groups is 3. The molecule has 0 saturated carbocycles. The van der Waals surface area contributed by atoms with E-state index in [1.54, 1.807) is 60.7 Å². The summed E-state index contributed by atoms with van der Waals surface area (Å²) in [7, 11) is 1.53. The number of benzene rings is 3. The van der Waals surface area contributed by atoms with Crippen molar-refractivity contribution in [3.63, 3.8) is 0 Å². The van der Waals surface area contributed by atoms with Crippen LogP contribution in [0.5, 0.6) is 11.5 Å². The first-order chi connectivity index (χ1) is 16.8. The van der Waals surface area contributed by atoms with E-state index in [9.17, 15) is 14.4 Å². The summed E-state index contributed by atoms with van der Waals surface area (Å²) < 4.78 is 10.5. The Morgan fingerprint density at radius 1 is 0.829 bits per heavy atom. The van der Waals surface area contributed by atoms with Gasteiger partial charge in [-0.1, -0.05) is 23.2 Å². The lowest BCUT2D eigenvalue weighted by Gasteiger charge is -2.08. The van der Waals surface area contributed by atoms with Gasteiger partial charge in [-0.3, -0.25) is 14.4 Å². The third-order valence-corrected chi connectivity index (χ3v) is 5.13. The maximum Gasteiger partial charge on any atom is 0.329 e. The van der Waals surface area contributed by atoms with Gasteiger partial charge in [0.1, 0.15) is 11.5 Å². The van der Waals surface area contributed by atoms with Gasteiger partial charge >= 0.3 is 11.8 Å². The van der Waals surface area contributed by atoms with Crippen LogP contribution in [0.4, 0.5) is 11.4 Å². The fourth-order valence-electron chi connectivity index (χ4n) is 2.65. The van der Waals surface area contributed by atoms with Gasteiger partial charge in [-0.05, 0) is 72.3 Å². The second-order valence-corrected chi connectivity index (χ2v) is 7.73. The van der Waals surface area contributed by atoms with E-state index >= 15 is 0 Å². The van der Waals surface area contributed by atoms with Crippen LogP contribution in [0.3, 0.4) is 0 Å². The van der Waals surface area contributed by atoms with Crippen molar-refractivity contribution in [2.24, 2.45) is 5.10 Å². The molecule has 35 heavy (non-hydrogen) atoms. The highest BCUT2D eigenvalue weighted by Gasteiger charge is 2.12. The number of methoxy groups -OCH3 is 1. The molecule has 0 fully saturated rings. The van der Waals surface area contributed by atoms with Crippen molar-refractivity contribution in [2.75, 3.05) is 24.4 Å². The highest BCUT2D eigenvalue weighted by Crippen LogP contribution is 2.25. The highest BCUT2D eigenvalue weighted by atomic mass is 35.5. The molecule has 0 aromatic heterocycles. The zero-order valence-electron chi connectivity index (χ0n) is 18.4.